The average Bonchev–Trinajstić information content (AvgIpc) is 2.80. The van der Waals surface area contributed by atoms with Crippen molar-refractivity contribution in [3.63, 3.8) is 0 Å². The molecule has 1 aliphatic carbocycles. The predicted octanol–water partition coefficient (Wildman–Crippen LogP) is 2.62. The highest BCUT2D eigenvalue weighted by atomic mass is 32.1. The Kier molecular flexibility index (Phi) is 2.82. The van der Waals surface area contributed by atoms with E-state index >= 15 is 0 Å². The van der Waals surface area contributed by atoms with E-state index in [1.807, 2.05) is 0 Å². The molecule has 0 radical (unpaired) electrons. The highest BCUT2D eigenvalue weighted by Crippen LogP contribution is 2.40. The highest BCUT2D eigenvalue weighted by Gasteiger charge is 2.45. The molecule has 0 amide bonds. The van der Waals surface area contributed by atoms with E-state index in [-0.39, 0.29) is 11.4 Å². The lowest BCUT2D eigenvalue weighted by Crippen LogP contribution is -2.52. The number of thiazole rings is 1. The van der Waals surface area contributed by atoms with Gasteiger partial charge >= 0.3 is 11.7 Å². The Balaban J connectivity index is 2.09. The molecule has 8 heteroatoms. The van der Waals surface area contributed by atoms with Crippen LogP contribution in [0.5, 0.6) is 0 Å². The van der Waals surface area contributed by atoms with Gasteiger partial charge in [0.05, 0.1) is 15.1 Å². The van der Waals surface area contributed by atoms with Crippen molar-refractivity contribution in [3.05, 3.63) is 27.8 Å². The Morgan fingerprint density at radius 2 is 2.25 bits per heavy atom. The summed E-state index contributed by atoms with van der Waals surface area (Å²) in [6, 6.07) is 3.28. The summed E-state index contributed by atoms with van der Waals surface area (Å²) in [6.45, 7) is 0. The van der Waals surface area contributed by atoms with Crippen LogP contribution in [0.1, 0.15) is 19.3 Å². The molecule has 2 N–H and O–H groups in total. The summed E-state index contributed by atoms with van der Waals surface area (Å²) >= 11 is 1.31. The van der Waals surface area contributed by atoms with E-state index in [0.717, 1.165) is 6.42 Å². The lowest BCUT2D eigenvalue weighted by Gasteiger charge is -2.38. The molecule has 0 atom stereocenters. The largest absolute Gasteiger partial charge is 0.480 e. The Bertz CT molecular complexity index is 708. The average molecular weight is 293 g/mol. The highest BCUT2D eigenvalue weighted by molar-refractivity contribution is 7.16. The third-order valence-electron chi connectivity index (χ3n) is 3.65. The van der Waals surface area contributed by atoms with Gasteiger partial charge in [0.15, 0.2) is 5.52 Å². The molecule has 2 aromatic rings. The number of rotatable bonds is 4. The van der Waals surface area contributed by atoms with Crippen molar-refractivity contribution in [3.8, 4) is 0 Å². The van der Waals surface area contributed by atoms with Gasteiger partial charge in [0.1, 0.15) is 11.2 Å². The number of nitro benzene ring substituents is 1. The van der Waals surface area contributed by atoms with Crippen molar-refractivity contribution in [2.24, 2.45) is 0 Å². The van der Waals surface area contributed by atoms with Gasteiger partial charge in [0.25, 0.3) is 0 Å². The monoisotopic (exact) mass is 293 g/mol. The molecule has 7 nitrogen and oxygen atoms in total. The van der Waals surface area contributed by atoms with Gasteiger partial charge in [-0.2, -0.15) is 0 Å². The van der Waals surface area contributed by atoms with E-state index in [0.29, 0.717) is 23.1 Å². The smallest absolute Gasteiger partial charge is 0.329 e. The Morgan fingerprint density at radius 3 is 2.80 bits per heavy atom. The fraction of sp³-hybridized carbons (Fsp3) is 0.333. The maximum Gasteiger partial charge on any atom is 0.329 e. The number of nitrogens with zero attached hydrogens (tertiary/aromatic N) is 2. The topological polar surface area (TPSA) is 105 Å². The zero-order valence-corrected chi connectivity index (χ0v) is 11.1. The molecule has 1 saturated carbocycles. The molecule has 3 rings (SSSR count). The Morgan fingerprint density at radius 1 is 1.50 bits per heavy atom. The predicted molar refractivity (Wildman–Crippen MR) is 74.1 cm³/mol. The van der Waals surface area contributed by atoms with Crippen molar-refractivity contribution >= 4 is 38.9 Å². The van der Waals surface area contributed by atoms with E-state index in [9.17, 15) is 20.0 Å². The van der Waals surface area contributed by atoms with E-state index in [1.165, 1.54) is 16.8 Å². The minimum absolute atomic E-state index is 0.156. The number of aliphatic carboxylic acids is 1. The summed E-state index contributed by atoms with van der Waals surface area (Å²) in [6.07, 6.45) is 1.73. The first-order chi connectivity index (χ1) is 9.53. The first-order valence-electron chi connectivity index (χ1n) is 6.06. The fourth-order valence-electron chi connectivity index (χ4n) is 2.38. The molecule has 0 spiro atoms. The minimum atomic E-state index is -1.09. The van der Waals surface area contributed by atoms with Crippen molar-refractivity contribution in [2.75, 3.05) is 5.32 Å². The Labute approximate surface area is 117 Å². The molecule has 0 aliphatic heterocycles. The van der Waals surface area contributed by atoms with Crippen molar-refractivity contribution in [2.45, 2.75) is 24.8 Å². The van der Waals surface area contributed by atoms with Crippen LogP contribution in [0.2, 0.25) is 0 Å². The van der Waals surface area contributed by atoms with E-state index in [4.69, 9.17) is 0 Å². The van der Waals surface area contributed by atoms with Gasteiger partial charge in [-0.25, -0.2) is 9.78 Å². The number of hydrogen-bond donors (Lipinski definition) is 2. The lowest BCUT2D eigenvalue weighted by molar-refractivity contribution is -0.382. The van der Waals surface area contributed by atoms with Crippen LogP contribution in [0.25, 0.3) is 10.2 Å². The fourth-order valence-corrected chi connectivity index (χ4v) is 3.06. The maximum atomic E-state index is 11.4. The van der Waals surface area contributed by atoms with Crippen LogP contribution in [-0.2, 0) is 4.79 Å². The van der Waals surface area contributed by atoms with Crippen LogP contribution in [-0.4, -0.2) is 26.5 Å². The van der Waals surface area contributed by atoms with Gasteiger partial charge in [0, 0.05) is 0 Å². The maximum absolute atomic E-state index is 11.4. The second-order valence-electron chi connectivity index (χ2n) is 4.78. The third-order valence-corrected chi connectivity index (χ3v) is 4.44. The number of carboxylic acids is 1. The molecule has 20 heavy (non-hydrogen) atoms. The van der Waals surface area contributed by atoms with Gasteiger partial charge < -0.3 is 10.4 Å². The number of nitro groups is 1. The zero-order chi connectivity index (χ0) is 14.3. The van der Waals surface area contributed by atoms with Crippen LogP contribution < -0.4 is 5.32 Å². The van der Waals surface area contributed by atoms with Crippen molar-refractivity contribution < 1.29 is 14.8 Å². The van der Waals surface area contributed by atoms with Crippen LogP contribution in [0.3, 0.4) is 0 Å². The second kappa shape index (κ2) is 4.41. The van der Waals surface area contributed by atoms with Crippen LogP contribution in [0.4, 0.5) is 11.4 Å². The Hall–Kier alpha value is -2.22. The standard InChI is InChI=1S/C12H11N3O4S/c16-11(17)12(4-1-5-12)14-7-2-3-8-9(13-6-20-8)10(7)15(18)19/h2-3,6,14H,1,4-5H2,(H,16,17). The summed E-state index contributed by atoms with van der Waals surface area (Å²) in [4.78, 5) is 26.1. The number of hydrogen-bond acceptors (Lipinski definition) is 6. The molecular weight excluding hydrogens is 282 g/mol. The van der Waals surface area contributed by atoms with Gasteiger partial charge in [0.2, 0.25) is 0 Å². The third kappa shape index (κ3) is 1.80. The van der Waals surface area contributed by atoms with Crippen LogP contribution in [0.15, 0.2) is 17.6 Å². The van der Waals surface area contributed by atoms with Crippen molar-refractivity contribution in [1.29, 1.82) is 0 Å². The minimum Gasteiger partial charge on any atom is -0.480 e. The molecule has 1 aromatic heterocycles. The summed E-state index contributed by atoms with van der Waals surface area (Å²) < 4.78 is 0.709. The number of nitrogens with one attached hydrogen (secondary N) is 1. The number of carboxylic acid groups (broad SMARTS) is 1. The normalized spacial score (nSPS) is 16.6. The summed E-state index contributed by atoms with van der Waals surface area (Å²) in [5, 5.41) is 23.4. The summed E-state index contributed by atoms with van der Waals surface area (Å²) in [7, 11) is 0. The van der Waals surface area contributed by atoms with Gasteiger partial charge in [-0.1, -0.05) is 0 Å². The lowest BCUT2D eigenvalue weighted by atomic mass is 9.76. The van der Waals surface area contributed by atoms with Gasteiger partial charge in [-0.05, 0) is 31.4 Å². The van der Waals surface area contributed by atoms with Crippen molar-refractivity contribution in [1.82, 2.24) is 4.98 Å². The second-order valence-corrected chi connectivity index (χ2v) is 5.67. The number of benzene rings is 1. The quantitative estimate of drug-likeness (QED) is 0.663. The first kappa shape index (κ1) is 12.8. The zero-order valence-electron chi connectivity index (χ0n) is 10.3. The SMILES string of the molecule is O=C(O)C1(Nc2ccc3scnc3c2[N+](=O)[O-])CCC1. The molecule has 0 bridgehead atoms. The molecule has 1 heterocycles. The van der Waals surface area contributed by atoms with Gasteiger partial charge in [-0.3, -0.25) is 10.1 Å². The van der Waals surface area contributed by atoms with Crippen LogP contribution in [0, 0.1) is 10.1 Å². The molecule has 0 unspecified atom stereocenters. The van der Waals surface area contributed by atoms with E-state index in [1.54, 1.807) is 12.1 Å². The van der Waals surface area contributed by atoms with Crippen LogP contribution >= 0.6 is 11.3 Å². The molecule has 1 aromatic carbocycles. The van der Waals surface area contributed by atoms with E-state index < -0.39 is 16.4 Å². The molecule has 0 saturated heterocycles. The molecular formula is C12H11N3O4S. The number of anilines is 1. The first-order valence-corrected chi connectivity index (χ1v) is 6.94. The summed E-state index contributed by atoms with van der Waals surface area (Å²) in [5.74, 6) is -0.976. The summed E-state index contributed by atoms with van der Waals surface area (Å²) in [5.41, 5.74) is 0.809. The van der Waals surface area contributed by atoms with Gasteiger partial charge in [-0.15, -0.1) is 11.3 Å². The number of aromatic nitrogens is 1. The van der Waals surface area contributed by atoms with E-state index in [2.05, 4.69) is 10.3 Å². The molecule has 1 aliphatic rings. The molecule has 1 fully saturated rings. The molecule has 104 valence electrons. The number of fused-ring (bicyclic) bond motifs is 1. The number of carbonyl (C=O) groups is 1.